The Kier molecular flexibility index (Phi) is 4.15. The lowest BCUT2D eigenvalue weighted by molar-refractivity contribution is 0.255. The molecule has 96 valence electrons. The largest absolute Gasteiger partial charge is 0.394 e. The van der Waals surface area contributed by atoms with E-state index in [0.717, 1.165) is 19.6 Å². The minimum Gasteiger partial charge on any atom is -0.394 e. The number of rotatable bonds is 5. The van der Waals surface area contributed by atoms with E-state index >= 15 is 0 Å². The van der Waals surface area contributed by atoms with Gasteiger partial charge in [0.1, 0.15) is 0 Å². The predicted octanol–water partition coefficient (Wildman–Crippen LogP) is 0.0445. The minimum absolute atomic E-state index is 0.135. The molecule has 0 aliphatic carbocycles. The summed E-state index contributed by atoms with van der Waals surface area (Å²) in [5, 5.41) is 13.1. The summed E-state index contributed by atoms with van der Waals surface area (Å²) in [6.45, 7) is 5.77. The maximum atomic E-state index is 8.84. The molecule has 2 unspecified atom stereocenters. The van der Waals surface area contributed by atoms with Gasteiger partial charge >= 0.3 is 0 Å². The van der Waals surface area contributed by atoms with Crippen molar-refractivity contribution in [2.24, 2.45) is 11.7 Å². The van der Waals surface area contributed by atoms with E-state index in [1.165, 1.54) is 12.0 Å². The monoisotopic (exact) mass is 238 g/mol. The summed E-state index contributed by atoms with van der Waals surface area (Å²) in [5.41, 5.74) is 6.94. The van der Waals surface area contributed by atoms with Gasteiger partial charge in [-0.15, -0.1) is 0 Å². The van der Waals surface area contributed by atoms with Gasteiger partial charge in [0.05, 0.1) is 19.3 Å². The van der Waals surface area contributed by atoms with Crippen LogP contribution in [0.2, 0.25) is 0 Å². The van der Waals surface area contributed by atoms with Crippen LogP contribution in [0.4, 0.5) is 0 Å². The number of aromatic nitrogens is 2. The van der Waals surface area contributed by atoms with Crippen molar-refractivity contribution < 1.29 is 5.11 Å². The molecule has 0 radical (unpaired) electrons. The summed E-state index contributed by atoms with van der Waals surface area (Å²) in [6.07, 6.45) is 5.10. The fraction of sp³-hybridized carbons (Fsp3) is 0.750. The Morgan fingerprint density at radius 2 is 2.41 bits per heavy atom. The molecule has 1 aromatic rings. The molecule has 2 heterocycles. The molecule has 1 fully saturated rings. The third-order valence-electron chi connectivity index (χ3n) is 3.53. The standard InChI is InChI=1S/C12H22N4O/c1-10-4-11(5-13)7-15(10)8-12-6-14-16(9-12)2-3-17/h6,9-11,17H,2-5,7-8,13H2,1H3. The highest BCUT2D eigenvalue weighted by Gasteiger charge is 2.27. The average Bonchev–Trinajstić information content (AvgIpc) is 2.88. The molecule has 0 aromatic carbocycles. The Morgan fingerprint density at radius 1 is 1.59 bits per heavy atom. The molecule has 17 heavy (non-hydrogen) atoms. The van der Waals surface area contributed by atoms with Crippen molar-refractivity contribution in [3.63, 3.8) is 0 Å². The number of hydrogen-bond acceptors (Lipinski definition) is 4. The normalized spacial score (nSPS) is 25.6. The molecule has 1 aliphatic heterocycles. The molecular formula is C12H22N4O. The molecule has 2 rings (SSSR count). The third-order valence-corrected chi connectivity index (χ3v) is 3.53. The second-order valence-electron chi connectivity index (χ2n) is 4.95. The first-order chi connectivity index (χ1) is 8.22. The number of aliphatic hydroxyl groups excluding tert-OH is 1. The minimum atomic E-state index is 0.135. The van der Waals surface area contributed by atoms with E-state index in [0.29, 0.717) is 18.5 Å². The quantitative estimate of drug-likeness (QED) is 0.760. The maximum Gasteiger partial charge on any atom is 0.0640 e. The van der Waals surface area contributed by atoms with Crippen molar-refractivity contribution in [3.05, 3.63) is 18.0 Å². The Bertz CT molecular complexity index is 352. The molecule has 5 heteroatoms. The number of aliphatic hydroxyl groups is 1. The van der Waals surface area contributed by atoms with E-state index < -0.39 is 0 Å². The first-order valence-electron chi connectivity index (χ1n) is 6.29. The van der Waals surface area contributed by atoms with Crippen LogP contribution >= 0.6 is 0 Å². The molecule has 1 saturated heterocycles. The molecule has 5 nitrogen and oxygen atoms in total. The zero-order valence-electron chi connectivity index (χ0n) is 10.4. The van der Waals surface area contributed by atoms with Crippen molar-refractivity contribution >= 4 is 0 Å². The third kappa shape index (κ3) is 3.06. The van der Waals surface area contributed by atoms with Gasteiger partial charge in [-0.05, 0) is 25.8 Å². The Balaban J connectivity index is 1.91. The second kappa shape index (κ2) is 5.62. The molecule has 1 aromatic heterocycles. The van der Waals surface area contributed by atoms with Crippen molar-refractivity contribution in [3.8, 4) is 0 Å². The second-order valence-corrected chi connectivity index (χ2v) is 4.95. The lowest BCUT2D eigenvalue weighted by Crippen LogP contribution is -2.27. The molecule has 0 bridgehead atoms. The highest BCUT2D eigenvalue weighted by molar-refractivity contribution is 5.05. The summed E-state index contributed by atoms with van der Waals surface area (Å²) in [4.78, 5) is 2.46. The molecule has 3 N–H and O–H groups in total. The molecule has 2 atom stereocenters. The Hall–Kier alpha value is -0.910. The number of hydrogen-bond donors (Lipinski definition) is 2. The molecule has 0 saturated carbocycles. The van der Waals surface area contributed by atoms with Gasteiger partial charge in [0.15, 0.2) is 0 Å². The fourth-order valence-electron chi connectivity index (χ4n) is 2.56. The molecule has 1 aliphatic rings. The van der Waals surface area contributed by atoms with Crippen LogP contribution in [0.3, 0.4) is 0 Å². The predicted molar refractivity (Wildman–Crippen MR) is 66.3 cm³/mol. The van der Waals surface area contributed by atoms with Gasteiger partial charge in [-0.25, -0.2) is 0 Å². The fourth-order valence-corrected chi connectivity index (χ4v) is 2.56. The van der Waals surface area contributed by atoms with Gasteiger partial charge in [-0.1, -0.05) is 0 Å². The Labute approximate surface area is 102 Å². The van der Waals surface area contributed by atoms with Crippen LogP contribution in [0.5, 0.6) is 0 Å². The summed E-state index contributed by atoms with van der Waals surface area (Å²) in [7, 11) is 0. The van der Waals surface area contributed by atoms with Gasteiger partial charge in [0.25, 0.3) is 0 Å². The summed E-state index contributed by atoms with van der Waals surface area (Å²) in [6, 6.07) is 0.602. The average molecular weight is 238 g/mol. The zero-order chi connectivity index (χ0) is 12.3. The van der Waals surface area contributed by atoms with Gasteiger partial charge in [-0.3, -0.25) is 9.58 Å². The van der Waals surface area contributed by atoms with Gasteiger partial charge < -0.3 is 10.8 Å². The highest BCUT2D eigenvalue weighted by Crippen LogP contribution is 2.23. The van der Waals surface area contributed by atoms with Crippen molar-refractivity contribution in [2.75, 3.05) is 19.7 Å². The summed E-state index contributed by atoms with van der Waals surface area (Å²) >= 11 is 0. The maximum absolute atomic E-state index is 8.84. The van der Waals surface area contributed by atoms with E-state index in [9.17, 15) is 0 Å². The first-order valence-corrected chi connectivity index (χ1v) is 6.29. The molecule has 0 amide bonds. The zero-order valence-corrected chi connectivity index (χ0v) is 10.4. The van der Waals surface area contributed by atoms with E-state index in [1.807, 2.05) is 12.4 Å². The summed E-state index contributed by atoms with van der Waals surface area (Å²) < 4.78 is 1.79. The van der Waals surface area contributed by atoms with Crippen LogP contribution in [0.25, 0.3) is 0 Å². The van der Waals surface area contributed by atoms with E-state index in [1.54, 1.807) is 4.68 Å². The van der Waals surface area contributed by atoms with Crippen molar-refractivity contribution in [2.45, 2.75) is 32.5 Å². The lowest BCUT2D eigenvalue weighted by Gasteiger charge is -2.19. The van der Waals surface area contributed by atoms with E-state index in [2.05, 4.69) is 16.9 Å². The van der Waals surface area contributed by atoms with Crippen molar-refractivity contribution in [1.29, 1.82) is 0 Å². The topological polar surface area (TPSA) is 67.3 Å². The van der Waals surface area contributed by atoms with E-state index in [4.69, 9.17) is 10.8 Å². The van der Waals surface area contributed by atoms with Gasteiger partial charge in [0, 0.05) is 30.9 Å². The summed E-state index contributed by atoms with van der Waals surface area (Å²) in [5.74, 6) is 0.637. The van der Waals surface area contributed by atoms with E-state index in [-0.39, 0.29) is 6.61 Å². The first kappa shape index (κ1) is 12.5. The lowest BCUT2D eigenvalue weighted by atomic mass is 10.1. The van der Waals surface area contributed by atoms with Crippen LogP contribution in [0.15, 0.2) is 12.4 Å². The SMILES string of the molecule is CC1CC(CN)CN1Cc1cnn(CCO)c1. The smallest absolute Gasteiger partial charge is 0.0640 e. The van der Waals surface area contributed by atoms with Crippen LogP contribution in [0.1, 0.15) is 18.9 Å². The van der Waals surface area contributed by atoms with Crippen LogP contribution in [-0.4, -0.2) is 45.5 Å². The Morgan fingerprint density at radius 3 is 3.06 bits per heavy atom. The molecular weight excluding hydrogens is 216 g/mol. The van der Waals surface area contributed by atoms with Crippen LogP contribution < -0.4 is 5.73 Å². The number of nitrogens with two attached hydrogens (primary N) is 1. The van der Waals surface area contributed by atoms with Gasteiger partial charge in [-0.2, -0.15) is 5.10 Å². The van der Waals surface area contributed by atoms with Crippen LogP contribution in [-0.2, 0) is 13.1 Å². The number of likely N-dealkylation sites (tertiary alicyclic amines) is 1. The van der Waals surface area contributed by atoms with Crippen LogP contribution in [0, 0.1) is 5.92 Å². The van der Waals surface area contributed by atoms with Gasteiger partial charge in [0.2, 0.25) is 0 Å². The van der Waals surface area contributed by atoms with Crippen molar-refractivity contribution in [1.82, 2.24) is 14.7 Å². The highest BCUT2D eigenvalue weighted by atomic mass is 16.3. The molecule has 0 spiro atoms. The number of nitrogens with zero attached hydrogens (tertiary/aromatic N) is 3.